The predicted octanol–water partition coefficient (Wildman–Crippen LogP) is 2.11. The van der Waals surface area contributed by atoms with Gasteiger partial charge in [-0.15, -0.1) is 0 Å². The Morgan fingerprint density at radius 2 is 1.93 bits per heavy atom. The molecule has 0 aromatic rings. The van der Waals surface area contributed by atoms with Crippen molar-refractivity contribution in [1.82, 2.24) is 5.32 Å². The summed E-state index contributed by atoms with van der Waals surface area (Å²) in [5.41, 5.74) is 0. The molecule has 0 saturated carbocycles. The molecule has 0 saturated heterocycles. The van der Waals surface area contributed by atoms with Crippen LogP contribution in [0.2, 0.25) is 0 Å². The highest BCUT2D eigenvalue weighted by atomic mass is 16.5. The van der Waals surface area contributed by atoms with E-state index in [4.69, 9.17) is 4.74 Å². The quantitative estimate of drug-likeness (QED) is 0.580. The number of nitrogens with one attached hydrogen (secondary N) is 1. The Morgan fingerprint density at radius 1 is 1.14 bits per heavy atom. The molecule has 0 unspecified atom stereocenters. The third kappa shape index (κ3) is 9.52. The van der Waals surface area contributed by atoms with Crippen molar-refractivity contribution in [2.45, 2.75) is 46.0 Å². The lowest BCUT2D eigenvalue weighted by Gasteiger charge is -2.05. The molecule has 0 heterocycles. The minimum Gasteiger partial charge on any atom is -0.380 e. The van der Waals surface area contributed by atoms with Crippen LogP contribution in [0.15, 0.2) is 0 Å². The van der Waals surface area contributed by atoms with Crippen molar-refractivity contribution >= 4 is 5.91 Å². The Labute approximate surface area is 87.2 Å². The van der Waals surface area contributed by atoms with E-state index in [9.17, 15) is 4.79 Å². The maximum atomic E-state index is 11.0. The number of hydrogen-bond acceptors (Lipinski definition) is 2. The molecule has 14 heavy (non-hydrogen) atoms. The fraction of sp³-hybridized carbons (Fsp3) is 0.909. The first-order valence-corrected chi connectivity index (χ1v) is 5.65. The summed E-state index contributed by atoms with van der Waals surface area (Å²) in [7, 11) is 0. The molecule has 0 bridgehead atoms. The van der Waals surface area contributed by atoms with Crippen molar-refractivity contribution in [1.29, 1.82) is 0 Å². The summed E-state index contributed by atoms with van der Waals surface area (Å²) < 4.78 is 5.35. The summed E-state index contributed by atoms with van der Waals surface area (Å²) in [6.45, 7) is 6.27. The van der Waals surface area contributed by atoms with E-state index in [0.29, 0.717) is 19.6 Å². The van der Waals surface area contributed by atoms with E-state index in [1.807, 2.05) is 6.92 Å². The van der Waals surface area contributed by atoms with Crippen LogP contribution in [0.4, 0.5) is 0 Å². The summed E-state index contributed by atoms with van der Waals surface area (Å²) in [6, 6.07) is 0. The van der Waals surface area contributed by atoms with Gasteiger partial charge in [-0.25, -0.2) is 0 Å². The normalized spacial score (nSPS) is 10.1. The van der Waals surface area contributed by atoms with Crippen molar-refractivity contribution in [3.05, 3.63) is 0 Å². The molecule has 0 fully saturated rings. The second kappa shape index (κ2) is 10.5. The molecular formula is C11H23NO2. The van der Waals surface area contributed by atoms with Crippen molar-refractivity contribution < 1.29 is 9.53 Å². The number of hydrogen-bond donors (Lipinski definition) is 1. The zero-order valence-electron chi connectivity index (χ0n) is 9.47. The number of carbonyl (C=O) groups excluding carboxylic acids is 1. The average Bonchev–Trinajstić information content (AvgIpc) is 2.17. The maximum absolute atomic E-state index is 11.0. The van der Waals surface area contributed by atoms with Gasteiger partial charge in [-0.1, -0.05) is 26.7 Å². The maximum Gasteiger partial charge on any atom is 0.220 e. The lowest BCUT2D eigenvalue weighted by atomic mass is 10.3. The highest BCUT2D eigenvalue weighted by molar-refractivity contribution is 5.75. The van der Waals surface area contributed by atoms with Crippen LogP contribution in [0.3, 0.4) is 0 Å². The van der Waals surface area contributed by atoms with Gasteiger partial charge in [-0.05, 0) is 12.8 Å². The molecule has 0 spiro atoms. The molecule has 0 aliphatic carbocycles. The fourth-order valence-electron chi connectivity index (χ4n) is 1.13. The summed E-state index contributed by atoms with van der Waals surface area (Å²) in [4.78, 5) is 11.0. The van der Waals surface area contributed by atoms with Gasteiger partial charge in [-0.3, -0.25) is 4.79 Å². The van der Waals surface area contributed by atoms with E-state index in [1.165, 1.54) is 12.8 Å². The van der Waals surface area contributed by atoms with Gasteiger partial charge in [0.15, 0.2) is 0 Å². The van der Waals surface area contributed by atoms with E-state index in [1.54, 1.807) is 0 Å². The number of rotatable bonds is 9. The van der Waals surface area contributed by atoms with E-state index in [0.717, 1.165) is 19.4 Å². The third-order valence-electron chi connectivity index (χ3n) is 1.94. The second-order valence-corrected chi connectivity index (χ2v) is 3.42. The summed E-state index contributed by atoms with van der Waals surface area (Å²) in [6.07, 6.45) is 5.09. The van der Waals surface area contributed by atoms with E-state index < -0.39 is 0 Å². The zero-order chi connectivity index (χ0) is 10.6. The van der Waals surface area contributed by atoms with E-state index in [-0.39, 0.29) is 5.91 Å². The molecule has 0 aromatic heterocycles. The van der Waals surface area contributed by atoms with Crippen LogP contribution >= 0.6 is 0 Å². The SMILES string of the molecule is CCCCCOCCNC(=O)CCC. The third-order valence-corrected chi connectivity index (χ3v) is 1.94. The Morgan fingerprint density at radius 3 is 2.57 bits per heavy atom. The molecule has 0 aliphatic heterocycles. The van der Waals surface area contributed by atoms with Gasteiger partial charge in [0, 0.05) is 19.6 Å². The standard InChI is InChI=1S/C11H23NO2/c1-3-5-6-9-14-10-8-12-11(13)7-4-2/h3-10H2,1-2H3,(H,12,13). The Balaban J connectivity index is 3.01. The largest absolute Gasteiger partial charge is 0.380 e. The number of unbranched alkanes of at least 4 members (excludes halogenated alkanes) is 2. The van der Waals surface area contributed by atoms with Crippen molar-refractivity contribution in [3.63, 3.8) is 0 Å². The molecule has 0 atom stereocenters. The van der Waals surface area contributed by atoms with Gasteiger partial charge in [0.05, 0.1) is 6.61 Å². The first-order valence-electron chi connectivity index (χ1n) is 5.65. The average molecular weight is 201 g/mol. The molecule has 1 N–H and O–H groups in total. The minimum absolute atomic E-state index is 0.129. The van der Waals surface area contributed by atoms with Crippen LogP contribution in [0, 0.1) is 0 Å². The van der Waals surface area contributed by atoms with E-state index in [2.05, 4.69) is 12.2 Å². The van der Waals surface area contributed by atoms with Crippen LogP contribution in [0.5, 0.6) is 0 Å². The minimum atomic E-state index is 0.129. The second-order valence-electron chi connectivity index (χ2n) is 3.42. The topological polar surface area (TPSA) is 38.3 Å². The fourth-order valence-corrected chi connectivity index (χ4v) is 1.13. The monoisotopic (exact) mass is 201 g/mol. The molecule has 3 nitrogen and oxygen atoms in total. The number of amides is 1. The first-order chi connectivity index (χ1) is 6.81. The number of carbonyl (C=O) groups is 1. The molecule has 3 heteroatoms. The van der Waals surface area contributed by atoms with Crippen molar-refractivity contribution in [2.24, 2.45) is 0 Å². The Kier molecular flexibility index (Phi) is 10.1. The summed E-state index contributed by atoms with van der Waals surface area (Å²) in [5.74, 6) is 0.129. The number of ether oxygens (including phenoxy) is 1. The van der Waals surface area contributed by atoms with Crippen LogP contribution in [-0.2, 0) is 9.53 Å². The highest BCUT2D eigenvalue weighted by Gasteiger charge is 1.96. The Hall–Kier alpha value is -0.570. The van der Waals surface area contributed by atoms with Gasteiger partial charge in [0.1, 0.15) is 0 Å². The molecule has 0 aromatic carbocycles. The van der Waals surface area contributed by atoms with Gasteiger partial charge in [0.25, 0.3) is 0 Å². The van der Waals surface area contributed by atoms with Crippen LogP contribution < -0.4 is 5.32 Å². The van der Waals surface area contributed by atoms with Gasteiger partial charge in [0.2, 0.25) is 5.91 Å². The van der Waals surface area contributed by atoms with E-state index >= 15 is 0 Å². The lowest BCUT2D eigenvalue weighted by molar-refractivity contribution is -0.121. The van der Waals surface area contributed by atoms with Crippen molar-refractivity contribution in [2.75, 3.05) is 19.8 Å². The molecule has 84 valence electrons. The Bertz CT molecular complexity index is 137. The smallest absolute Gasteiger partial charge is 0.220 e. The lowest BCUT2D eigenvalue weighted by Crippen LogP contribution is -2.26. The van der Waals surface area contributed by atoms with Gasteiger partial charge < -0.3 is 10.1 Å². The predicted molar refractivity (Wildman–Crippen MR) is 58.3 cm³/mol. The summed E-state index contributed by atoms with van der Waals surface area (Å²) in [5, 5.41) is 2.81. The van der Waals surface area contributed by atoms with Crippen LogP contribution in [0.1, 0.15) is 46.0 Å². The van der Waals surface area contributed by atoms with Crippen LogP contribution in [0.25, 0.3) is 0 Å². The summed E-state index contributed by atoms with van der Waals surface area (Å²) >= 11 is 0. The zero-order valence-corrected chi connectivity index (χ0v) is 9.47. The van der Waals surface area contributed by atoms with Gasteiger partial charge >= 0.3 is 0 Å². The van der Waals surface area contributed by atoms with Gasteiger partial charge in [-0.2, -0.15) is 0 Å². The first kappa shape index (κ1) is 13.4. The molecule has 0 radical (unpaired) electrons. The molecule has 1 amide bonds. The molecule has 0 aliphatic rings. The van der Waals surface area contributed by atoms with Crippen LogP contribution in [-0.4, -0.2) is 25.7 Å². The van der Waals surface area contributed by atoms with Crippen molar-refractivity contribution in [3.8, 4) is 0 Å². The molecular weight excluding hydrogens is 178 g/mol. The molecule has 0 rings (SSSR count). The highest BCUT2D eigenvalue weighted by Crippen LogP contribution is 1.93.